The number of carbonyl (C=O) groups excluding carboxylic acids is 1. The molecule has 4 fully saturated rings. The lowest BCUT2D eigenvalue weighted by Gasteiger charge is -2.50. The topological polar surface area (TPSA) is 79.8 Å². The molecule has 3 N–H and O–H groups in total. The number of aromatic nitrogens is 1. The molecule has 2 aromatic carbocycles. The SMILES string of the molecule is CNC(=O)c1ccc(NCC#Cc2cc3c(NC4CCC(N5CC6CC(C5)O6)CC4)cccc3n2CC(F)(F)F)c(OC)c1. The van der Waals surface area contributed by atoms with Gasteiger partial charge in [0.25, 0.3) is 5.91 Å². The Kier molecular flexibility index (Phi) is 8.65. The van der Waals surface area contributed by atoms with Crippen molar-refractivity contribution in [3.05, 3.63) is 53.7 Å². The Hall–Kier alpha value is -3.88. The van der Waals surface area contributed by atoms with Gasteiger partial charge in [-0.3, -0.25) is 9.69 Å². The number of nitrogens with one attached hydrogen (secondary N) is 3. The van der Waals surface area contributed by atoms with E-state index in [1.54, 1.807) is 43.4 Å². The minimum Gasteiger partial charge on any atom is -0.495 e. The molecule has 4 aliphatic rings. The maximum absolute atomic E-state index is 13.7. The van der Waals surface area contributed by atoms with Crippen LogP contribution in [0.4, 0.5) is 24.5 Å². The fraction of sp³-hybridized carbons (Fsp3) is 0.485. The summed E-state index contributed by atoms with van der Waals surface area (Å²) in [6.45, 7) is 1.10. The lowest BCUT2D eigenvalue weighted by molar-refractivity contribution is -0.189. The fourth-order valence-corrected chi connectivity index (χ4v) is 6.75. The van der Waals surface area contributed by atoms with E-state index < -0.39 is 12.7 Å². The van der Waals surface area contributed by atoms with Crippen LogP contribution in [0.15, 0.2) is 42.5 Å². The van der Waals surface area contributed by atoms with Crippen molar-refractivity contribution in [2.24, 2.45) is 0 Å². The van der Waals surface area contributed by atoms with Gasteiger partial charge in [-0.15, -0.1) is 0 Å². The van der Waals surface area contributed by atoms with Gasteiger partial charge in [-0.2, -0.15) is 13.2 Å². The normalized spacial score (nSPS) is 23.3. The molecule has 2 unspecified atom stereocenters. The van der Waals surface area contributed by atoms with E-state index in [9.17, 15) is 18.0 Å². The van der Waals surface area contributed by atoms with Gasteiger partial charge in [-0.05, 0) is 68.0 Å². The van der Waals surface area contributed by atoms with Crippen LogP contribution >= 0.6 is 0 Å². The largest absolute Gasteiger partial charge is 0.495 e. The number of rotatable bonds is 8. The molecule has 1 amide bonds. The van der Waals surface area contributed by atoms with Crippen LogP contribution in [-0.4, -0.2) is 79.6 Å². The molecule has 3 aliphatic heterocycles. The Morgan fingerprint density at radius 3 is 2.50 bits per heavy atom. The Labute approximate surface area is 255 Å². The number of piperidine rings is 1. The molecule has 234 valence electrons. The fourth-order valence-electron chi connectivity index (χ4n) is 6.75. The van der Waals surface area contributed by atoms with Crippen molar-refractivity contribution in [3.8, 4) is 17.6 Å². The number of morpholine rings is 1. The van der Waals surface area contributed by atoms with E-state index in [0.717, 1.165) is 49.8 Å². The molecule has 3 aromatic rings. The summed E-state index contributed by atoms with van der Waals surface area (Å²) in [5, 5.41) is 10.1. The number of ether oxygens (including phenoxy) is 2. The van der Waals surface area contributed by atoms with Crippen molar-refractivity contribution in [2.75, 3.05) is 44.4 Å². The molecule has 1 aromatic heterocycles. The Balaban J connectivity index is 1.16. The molecule has 1 aliphatic carbocycles. The van der Waals surface area contributed by atoms with Crippen LogP contribution in [0.2, 0.25) is 0 Å². The molecule has 4 heterocycles. The van der Waals surface area contributed by atoms with Crippen LogP contribution in [0, 0.1) is 11.8 Å². The summed E-state index contributed by atoms with van der Waals surface area (Å²) in [5.74, 6) is 6.14. The van der Waals surface area contributed by atoms with E-state index >= 15 is 0 Å². The van der Waals surface area contributed by atoms with E-state index in [1.807, 2.05) is 6.07 Å². The minimum atomic E-state index is -4.40. The number of amides is 1. The number of alkyl halides is 3. The first-order valence-electron chi connectivity index (χ1n) is 15.2. The number of nitrogens with zero attached hydrogens (tertiary/aromatic N) is 2. The highest BCUT2D eigenvalue weighted by molar-refractivity contribution is 5.95. The first-order valence-corrected chi connectivity index (χ1v) is 15.2. The molecule has 2 atom stereocenters. The highest BCUT2D eigenvalue weighted by Crippen LogP contribution is 2.35. The third kappa shape index (κ3) is 6.61. The number of methoxy groups -OCH3 is 1. The smallest absolute Gasteiger partial charge is 0.406 e. The Morgan fingerprint density at radius 2 is 1.82 bits per heavy atom. The zero-order chi connectivity index (χ0) is 30.8. The maximum atomic E-state index is 13.7. The lowest BCUT2D eigenvalue weighted by Crippen LogP contribution is -2.60. The number of anilines is 2. The molecule has 0 radical (unpaired) electrons. The van der Waals surface area contributed by atoms with Crippen molar-refractivity contribution >= 4 is 28.2 Å². The van der Waals surface area contributed by atoms with Crippen LogP contribution in [0.1, 0.15) is 48.2 Å². The Morgan fingerprint density at radius 1 is 1.07 bits per heavy atom. The average Bonchev–Trinajstić information content (AvgIpc) is 3.35. The molecule has 2 bridgehead atoms. The van der Waals surface area contributed by atoms with Crippen LogP contribution in [-0.2, 0) is 11.3 Å². The van der Waals surface area contributed by atoms with Gasteiger partial charge in [0.2, 0.25) is 0 Å². The van der Waals surface area contributed by atoms with Crippen LogP contribution in [0.25, 0.3) is 10.9 Å². The molecular weight excluding hydrogens is 571 g/mol. The summed E-state index contributed by atoms with van der Waals surface area (Å²) in [6, 6.07) is 13.0. The number of fused-ring (bicyclic) bond motifs is 3. The summed E-state index contributed by atoms with van der Waals surface area (Å²) in [5.41, 5.74) is 2.70. The summed E-state index contributed by atoms with van der Waals surface area (Å²) in [6.07, 6.45) is 1.84. The van der Waals surface area contributed by atoms with E-state index in [1.165, 1.54) is 18.1 Å². The first-order chi connectivity index (χ1) is 21.2. The van der Waals surface area contributed by atoms with E-state index in [-0.39, 0.29) is 18.5 Å². The minimum absolute atomic E-state index is 0.169. The van der Waals surface area contributed by atoms with E-state index in [0.29, 0.717) is 46.5 Å². The summed E-state index contributed by atoms with van der Waals surface area (Å²) in [4.78, 5) is 14.5. The highest BCUT2D eigenvalue weighted by Gasteiger charge is 2.41. The number of hydrogen-bond donors (Lipinski definition) is 3. The molecule has 3 saturated heterocycles. The van der Waals surface area contributed by atoms with Crippen molar-refractivity contribution < 1.29 is 27.4 Å². The van der Waals surface area contributed by atoms with E-state index in [2.05, 4.69) is 32.7 Å². The third-order valence-electron chi connectivity index (χ3n) is 8.92. The highest BCUT2D eigenvalue weighted by atomic mass is 19.4. The van der Waals surface area contributed by atoms with Crippen molar-refractivity contribution in [1.82, 2.24) is 14.8 Å². The van der Waals surface area contributed by atoms with Gasteiger partial charge in [0, 0.05) is 55.3 Å². The van der Waals surface area contributed by atoms with E-state index in [4.69, 9.17) is 9.47 Å². The van der Waals surface area contributed by atoms with Crippen LogP contribution in [0.5, 0.6) is 5.75 Å². The maximum Gasteiger partial charge on any atom is 0.406 e. The second-order valence-corrected chi connectivity index (χ2v) is 11.8. The number of hydrogen-bond acceptors (Lipinski definition) is 6. The predicted molar refractivity (Wildman–Crippen MR) is 164 cm³/mol. The van der Waals surface area contributed by atoms with Gasteiger partial charge in [0.15, 0.2) is 0 Å². The quantitative estimate of drug-likeness (QED) is 0.304. The van der Waals surface area contributed by atoms with Crippen molar-refractivity contribution in [1.29, 1.82) is 0 Å². The molecule has 8 nitrogen and oxygen atoms in total. The predicted octanol–water partition coefficient (Wildman–Crippen LogP) is 5.23. The molecule has 7 rings (SSSR count). The van der Waals surface area contributed by atoms with Crippen molar-refractivity contribution in [2.45, 2.75) is 69.1 Å². The molecule has 0 spiro atoms. The Bertz CT molecular complexity index is 1550. The molecule has 1 saturated carbocycles. The second-order valence-electron chi connectivity index (χ2n) is 11.8. The van der Waals surface area contributed by atoms with Crippen LogP contribution in [0.3, 0.4) is 0 Å². The summed E-state index contributed by atoms with van der Waals surface area (Å²) >= 11 is 0. The zero-order valence-corrected chi connectivity index (χ0v) is 25.0. The molecule has 11 heteroatoms. The van der Waals surface area contributed by atoms with Gasteiger partial charge in [0.1, 0.15) is 12.3 Å². The third-order valence-corrected chi connectivity index (χ3v) is 8.92. The standard InChI is InChI=1S/C33H38F3N5O3/c1-37-32(42)21-8-13-29(31(15-21)43-2)38-14-4-5-24-16-27-28(6-3-7-30(27)41(24)20-33(34,35)36)39-22-9-11-23(12-10-22)40-18-25-17-26(19-40)44-25/h3,6-8,13,15-16,22-23,25-26,38-39H,9-12,14,17-20H2,1-2H3,(H,37,42). The van der Waals surface area contributed by atoms with Gasteiger partial charge in [-0.25, -0.2) is 0 Å². The number of halogens is 3. The average molecular weight is 610 g/mol. The second kappa shape index (κ2) is 12.6. The monoisotopic (exact) mass is 609 g/mol. The van der Waals surface area contributed by atoms with Gasteiger partial charge < -0.3 is 30.0 Å². The first kappa shape index (κ1) is 30.2. The van der Waals surface area contributed by atoms with Gasteiger partial charge >= 0.3 is 6.18 Å². The van der Waals surface area contributed by atoms with Gasteiger partial charge in [-0.1, -0.05) is 12.0 Å². The number of benzene rings is 2. The number of carbonyl (C=O) groups is 1. The summed E-state index contributed by atoms with van der Waals surface area (Å²) in [7, 11) is 3.05. The summed E-state index contributed by atoms with van der Waals surface area (Å²) < 4.78 is 53.5. The van der Waals surface area contributed by atoms with Gasteiger partial charge in [0.05, 0.1) is 42.8 Å². The lowest BCUT2D eigenvalue weighted by atomic mass is 9.87. The van der Waals surface area contributed by atoms with Crippen molar-refractivity contribution in [3.63, 3.8) is 0 Å². The zero-order valence-electron chi connectivity index (χ0n) is 25.0. The van der Waals surface area contributed by atoms with Crippen LogP contribution < -0.4 is 20.7 Å². The molecule has 44 heavy (non-hydrogen) atoms. The molecular formula is C33H38F3N5O3.